The highest BCUT2D eigenvalue weighted by Crippen LogP contribution is 2.40. The van der Waals surface area contributed by atoms with E-state index < -0.39 is 12.0 Å². The van der Waals surface area contributed by atoms with Crippen LogP contribution in [0.4, 0.5) is 5.69 Å². The Hall–Kier alpha value is -4.09. The third-order valence-electron chi connectivity index (χ3n) is 7.70. The zero-order valence-electron chi connectivity index (χ0n) is 26.0. The van der Waals surface area contributed by atoms with E-state index in [4.69, 9.17) is 19.2 Å². The molecular weight excluding hydrogens is 644 g/mol. The number of anilines is 1. The van der Waals surface area contributed by atoms with Crippen molar-refractivity contribution in [2.24, 2.45) is 4.99 Å². The summed E-state index contributed by atoms with van der Waals surface area (Å²) in [6.45, 7) is 7.79. The fraction of sp³-hybridized carbons (Fsp3) is 0.303. The average molecular weight is 680 g/mol. The van der Waals surface area contributed by atoms with Crippen LogP contribution in [0.2, 0.25) is 0 Å². The van der Waals surface area contributed by atoms with E-state index in [2.05, 4.69) is 62.7 Å². The molecule has 230 valence electrons. The molecule has 0 amide bonds. The minimum atomic E-state index is -0.802. The molecule has 3 heterocycles. The van der Waals surface area contributed by atoms with Crippen molar-refractivity contribution in [1.29, 1.82) is 0 Å². The number of benzene rings is 2. The van der Waals surface area contributed by atoms with Crippen LogP contribution in [0.25, 0.3) is 11.8 Å². The molecule has 4 aromatic rings. The zero-order chi connectivity index (χ0) is 31.9. The maximum atomic E-state index is 14.2. The number of hydrogen-bond donors (Lipinski definition) is 0. The number of thiazole rings is 1. The number of halogens is 1. The molecule has 0 aliphatic carbocycles. The molecule has 0 unspecified atom stereocenters. The Morgan fingerprint density at radius 1 is 1.07 bits per heavy atom. The van der Waals surface area contributed by atoms with Gasteiger partial charge in [-0.05, 0) is 87.4 Å². The summed E-state index contributed by atoms with van der Waals surface area (Å²) in [4.78, 5) is 34.8. The average Bonchev–Trinajstić information content (AvgIpc) is 3.45. The normalized spacial score (nSPS) is 14.8. The highest BCUT2D eigenvalue weighted by molar-refractivity contribution is 9.10. The van der Waals surface area contributed by atoms with Crippen molar-refractivity contribution in [2.75, 3.05) is 39.8 Å². The predicted molar refractivity (Wildman–Crippen MR) is 177 cm³/mol. The van der Waals surface area contributed by atoms with Crippen molar-refractivity contribution in [1.82, 2.24) is 9.13 Å². The van der Waals surface area contributed by atoms with E-state index in [-0.39, 0.29) is 17.7 Å². The van der Waals surface area contributed by atoms with E-state index in [1.54, 1.807) is 44.8 Å². The lowest BCUT2D eigenvalue weighted by Crippen LogP contribution is -2.40. The van der Waals surface area contributed by atoms with Gasteiger partial charge in [-0.3, -0.25) is 9.36 Å². The first-order chi connectivity index (χ1) is 21.0. The van der Waals surface area contributed by atoms with Crippen molar-refractivity contribution in [3.63, 3.8) is 0 Å². The fourth-order valence-electron chi connectivity index (χ4n) is 5.54. The molecule has 0 bridgehead atoms. The number of nitrogens with zero attached hydrogens (tertiary/aromatic N) is 4. The molecule has 2 aromatic carbocycles. The van der Waals surface area contributed by atoms with Crippen LogP contribution in [0.15, 0.2) is 68.0 Å². The zero-order valence-corrected chi connectivity index (χ0v) is 28.4. The molecule has 9 nitrogen and oxygen atoms in total. The van der Waals surface area contributed by atoms with Crippen molar-refractivity contribution in [3.8, 4) is 17.2 Å². The Bertz CT molecular complexity index is 1970. The predicted octanol–water partition coefficient (Wildman–Crippen LogP) is 5.05. The van der Waals surface area contributed by atoms with Gasteiger partial charge in [0.1, 0.15) is 0 Å². The highest BCUT2D eigenvalue weighted by Gasteiger charge is 2.35. The number of allylic oxidation sites excluding steroid dienone is 1. The number of rotatable bonds is 8. The number of fused-ring (bicyclic) bond motifs is 1. The molecule has 1 aliphatic heterocycles. The van der Waals surface area contributed by atoms with E-state index >= 15 is 0 Å². The topological polar surface area (TPSA) is 87.3 Å². The van der Waals surface area contributed by atoms with E-state index in [0.717, 1.165) is 28.3 Å². The van der Waals surface area contributed by atoms with Gasteiger partial charge < -0.3 is 23.7 Å². The van der Waals surface area contributed by atoms with Gasteiger partial charge in [0.2, 0.25) is 0 Å². The van der Waals surface area contributed by atoms with Crippen LogP contribution >= 0.6 is 27.3 Å². The monoisotopic (exact) mass is 678 g/mol. The Kier molecular flexibility index (Phi) is 8.90. The van der Waals surface area contributed by atoms with Crippen molar-refractivity contribution < 1.29 is 19.0 Å². The lowest BCUT2D eigenvalue weighted by molar-refractivity contribution is -0.139. The number of aryl methyl sites for hydroxylation is 1. The molecule has 0 saturated heterocycles. The summed E-state index contributed by atoms with van der Waals surface area (Å²) in [5.74, 6) is 0.455. The van der Waals surface area contributed by atoms with Crippen LogP contribution in [0.3, 0.4) is 0 Å². The Labute approximate surface area is 268 Å². The second kappa shape index (κ2) is 12.5. The number of ether oxygens (including phenoxy) is 3. The molecule has 0 radical (unpaired) electrons. The first-order valence-electron chi connectivity index (χ1n) is 14.1. The lowest BCUT2D eigenvalue weighted by atomic mass is 9.95. The van der Waals surface area contributed by atoms with Crippen molar-refractivity contribution >= 4 is 45.0 Å². The van der Waals surface area contributed by atoms with E-state index in [1.807, 2.05) is 27.1 Å². The van der Waals surface area contributed by atoms with Gasteiger partial charge >= 0.3 is 5.97 Å². The molecule has 0 fully saturated rings. The number of carbonyl (C=O) groups excluding carboxylic acids is 1. The third kappa shape index (κ3) is 5.50. The van der Waals surface area contributed by atoms with Gasteiger partial charge in [0.25, 0.3) is 5.56 Å². The molecule has 1 aliphatic rings. The molecule has 44 heavy (non-hydrogen) atoms. The molecular formula is C33H35BrN4O5S. The summed E-state index contributed by atoms with van der Waals surface area (Å²) in [5.41, 5.74) is 6.31. The maximum Gasteiger partial charge on any atom is 0.338 e. The van der Waals surface area contributed by atoms with Gasteiger partial charge in [-0.1, -0.05) is 27.3 Å². The quantitative estimate of drug-likeness (QED) is 0.243. The number of aromatic nitrogens is 2. The molecule has 1 atom stereocenters. The van der Waals surface area contributed by atoms with Gasteiger partial charge in [0.05, 0.1) is 42.7 Å². The maximum absolute atomic E-state index is 14.2. The van der Waals surface area contributed by atoms with Gasteiger partial charge in [0.15, 0.2) is 16.3 Å². The highest BCUT2D eigenvalue weighted by atomic mass is 79.9. The van der Waals surface area contributed by atoms with Crippen LogP contribution < -0.4 is 29.3 Å². The lowest BCUT2D eigenvalue weighted by Gasteiger charge is -2.26. The largest absolute Gasteiger partial charge is 0.493 e. The van der Waals surface area contributed by atoms with E-state index in [0.29, 0.717) is 36.6 Å². The van der Waals surface area contributed by atoms with Crippen LogP contribution in [-0.4, -0.2) is 50.0 Å². The van der Waals surface area contributed by atoms with E-state index in [1.165, 1.54) is 11.3 Å². The smallest absolute Gasteiger partial charge is 0.338 e. The standard InChI is InChI=1S/C33H35BrN4O5S/c1-9-43-32(40)29-19(3)35-33-38(30(29)24-16-26(41-7)27(42-8)17-25(24)34)31(39)28(44-33)15-21-14-18(2)37(20(21)4)23-12-10-22(11-13-23)36(5)6/h10-17,30H,9H2,1-8H3/b28-15+/t30-/m0/s1. The summed E-state index contributed by atoms with van der Waals surface area (Å²) in [6, 6.07) is 13.2. The summed E-state index contributed by atoms with van der Waals surface area (Å²) < 4.78 is 21.4. The second-order valence-electron chi connectivity index (χ2n) is 10.6. The number of esters is 1. The van der Waals surface area contributed by atoms with Crippen molar-refractivity contribution in [2.45, 2.75) is 33.7 Å². The van der Waals surface area contributed by atoms with Gasteiger partial charge in [-0.2, -0.15) is 0 Å². The van der Waals surface area contributed by atoms with Gasteiger partial charge in [-0.25, -0.2) is 9.79 Å². The van der Waals surface area contributed by atoms with Gasteiger partial charge in [0, 0.05) is 41.3 Å². The first kappa shape index (κ1) is 31.3. The number of methoxy groups -OCH3 is 2. The van der Waals surface area contributed by atoms with Gasteiger partial charge in [-0.15, -0.1) is 0 Å². The Morgan fingerprint density at radius 3 is 2.34 bits per heavy atom. The van der Waals surface area contributed by atoms with Crippen LogP contribution in [0, 0.1) is 13.8 Å². The summed E-state index contributed by atoms with van der Waals surface area (Å²) in [5, 5.41) is 0. The molecule has 0 saturated carbocycles. The Morgan fingerprint density at radius 2 is 1.73 bits per heavy atom. The van der Waals surface area contributed by atoms with Crippen LogP contribution in [-0.2, 0) is 9.53 Å². The van der Waals surface area contributed by atoms with Crippen LogP contribution in [0.5, 0.6) is 11.5 Å². The van der Waals surface area contributed by atoms with Crippen LogP contribution in [0.1, 0.15) is 42.4 Å². The first-order valence-corrected chi connectivity index (χ1v) is 15.7. The minimum absolute atomic E-state index is 0.188. The number of carbonyl (C=O) groups is 1. The number of hydrogen-bond acceptors (Lipinski definition) is 8. The fourth-order valence-corrected chi connectivity index (χ4v) is 7.11. The second-order valence-corrected chi connectivity index (χ2v) is 12.5. The molecule has 0 spiro atoms. The Balaban J connectivity index is 1.70. The SMILES string of the molecule is CCOC(=O)C1=C(C)N=c2s/c(=C/c3cc(C)n(-c4ccc(N(C)C)cc4)c3C)c(=O)n2[C@H]1c1cc(OC)c(OC)cc1Br. The molecule has 5 rings (SSSR count). The van der Waals surface area contributed by atoms with Crippen molar-refractivity contribution in [3.05, 3.63) is 100 Å². The van der Waals surface area contributed by atoms with E-state index in [9.17, 15) is 9.59 Å². The summed E-state index contributed by atoms with van der Waals surface area (Å²) in [6.07, 6.45) is 1.90. The minimum Gasteiger partial charge on any atom is -0.493 e. The molecule has 11 heteroatoms. The summed E-state index contributed by atoms with van der Waals surface area (Å²) >= 11 is 4.94. The molecule has 0 N–H and O–H groups in total. The molecule has 2 aromatic heterocycles. The summed E-state index contributed by atoms with van der Waals surface area (Å²) in [7, 11) is 7.12. The third-order valence-corrected chi connectivity index (χ3v) is 9.37.